The van der Waals surface area contributed by atoms with E-state index in [4.69, 9.17) is 9.98 Å². The maximum Gasteiger partial charge on any atom is 0.128 e. The van der Waals surface area contributed by atoms with Crippen LogP contribution in [-0.4, -0.2) is 38.4 Å². The molecule has 0 saturated heterocycles. The number of phenolic OH excluding ortho intramolecular Hbond substituents is 2. The Morgan fingerprint density at radius 2 is 1.30 bits per heavy atom. The van der Waals surface area contributed by atoms with Gasteiger partial charge in [-0.25, -0.2) is 0 Å². The van der Waals surface area contributed by atoms with Crippen LogP contribution in [-0.2, 0) is 34.7 Å². The zero-order chi connectivity index (χ0) is 34.9. The zero-order valence-corrected chi connectivity index (χ0v) is 31.3. The number of phenols is 2. The second-order valence-corrected chi connectivity index (χ2v) is 17.9. The van der Waals surface area contributed by atoms with Crippen molar-refractivity contribution in [3.63, 3.8) is 0 Å². The molecule has 0 bridgehead atoms. The number of rotatable bonds is 7. The number of hydrogen-bond acceptors (Lipinski definition) is 5. The SMILES string of the molecule is CC(C)(C)c1cc(C=N[C@@H]2CCCC[C@H]2N(Cc2ccccn2)Cc2cc(C(C)(C)C)cc(C(C)(C)C)c2O)c(O)c(C(C)(C)C)c1. The molecule has 2 atom stereocenters. The molecule has 1 heterocycles. The van der Waals surface area contributed by atoms with Crippen molar-refractivity contribution < 1.29 is 10.2 Å². The number of pyridine rings is 1. The molecule has 0 unspecified atom stereocenters. The molecule has 0 radical (unpaired) electrons. The van der Waals surface area contributed by atoms with Crippen LogP contribution in [0.5, 0.6) is 11.5 Å². The van der Waals surface area contributed by atoms with E-state index in [1.165, 1.54) is 11.1 Å². The number of aromatic nitrogens is 1. The quantitative estimate of drug-likeness (QED) is 0.253. The summed E-state index contributed by atoms with van der Waals surface area (Å²) in [6, 6.07) is 15.0. The average Bonchev–Trinajstić information content (AvgIpc) is 2.95. The molecule has 1 aliphatic carbocycles. The van der Waals surface area contributed by atoms with Gasteiger partial charge in [0.25, 0.3) is 0 Å². The third-order valence-corrected chi connectivity index (χ3v) is 9.71. The van der Waals surface area contributed by atoms with Crippen molar-refractivity contribution in [1.82, 2.24) is 9.88 Å². The Labute approximate surface area is 285 Å². The molecule has 1 aromatic heterocycles. The Morgan fingerprint density at radius 1 is 0.723 bits per heavy atom. The molecule has 0 spiro atoms. The summed E-state index contributed by atoms with van der Waals surface area (Å²) in [5, 5.41) is 23.2. The monoisotopic (exact) mass is 639 g/mol. The Hall–Kier alpha value is -3.18. The van der Waals surface area contributed by atoms with E-state index in [0.29, 0.717) is 24.6 Å². The Balaban J connectivity index is 1.79. The Kier molecular flexibility index (Phi) is 10.7. The maximum absolute atomic E-state index is 11.8. The van der Waals surface area contributed by atoms with E-state index in [1.54, 1.807) is 0 Å². The summed E-state index contributed by atoms with van der Waals surface area (Å²) >= 11 is 0. The van der Waals surface area contributed by atoms with Gasteiger partial charge < -0.3 is 10.2 Å². The molecule has 47 heavy (non-hydrogen) atoms. The highest BCUT2D eigenvalue weighted by Crippen LogP contribution is 2.40. The molecule has 4 rings (SSSR count). The molecule has 2 aromatic carbocycles. The normalized spacial score (nSPS) is 18.3. The number of benzene rings is 2. The molecule has 5 nitrogen and oxygen atoms in total. The summed E-state index contributed by atoms with van der Waals surface area (Å²) in [7, 11) is 0. The van der Waals surface area contributed by atoms with E-state index in [2.05, 4.69) is 118 Å². The summed E-state index contributed by atoms with van der Waals surface area (Å²) in [6.45, 7) is 27.6. The van der Waals surface area contributed by atoms with Crippen LogP contribution in [0.2, 0.25) is 0 Å². The van der Waals surface area contributed by atoms with Crippen molar-refractivity contribution in [3.8, 4) is 11.5 Å². The Bertz CT molecular complexity index is 1550. The van der Waals surface area contributed by atoms with Crippen molar-refractivity contribution in [3.05, 3.63) is 87.7 Å². The Morgan fingerprint density at radius 3 is 1.85 bits per heavy atom. The predicted molar refractivity (Wildman–Crippen MR) is 198 cm³/mol. The second kappa shape index (κ2) is 13.7. The highest BCUT2D eigenvalue weighted by atomic mass is 16.3. The number of aromatic hydroxyl groups is 2. The molecule has 0 amide bonds. The maximum atomic E-state index is 11.8. The minimum atomic E-state index is -0.198. The van der Waals surface area contributed by atoms with E-state index in [-0.39, 0.29) is 33.7 Å². The molecule has 1 aliphatic rings. The van der Waals surface area contributed by atoms with Crippen LogP contribution in [0.1, 0.15) is 148 Å². The first kappa shape index (κ1) is 36.7. The highest BCUT2D eigenvalue weighted by Gasteiger charge is 2.33. The third-order valence-electron chi connectivity index (χ3n) is 9.71. The summed E-state index contributed by atoms with van der Waals surface area (Å²) < 4.78 is 0. The van der Waals surface area contributed by atoms with Crippen LogP contribution < -0.4 is 0 Å². The van der Waals surface area contributed by atoms with Crippen molar-refractivity contribution in [2.45, 2.75) is 156 Å². The van der Waals surface area contributed by atoms with Crippen molar-refractivity contribution >= 4 is 6.21 Å². The van der Waals surface area contributed by atoms with Crippen molar-refractivity contribution in [2.24, 2.45) is 4.99 Å². The van der Waals surface area contributed by atoms with Gasteiger partial charge in [-0.2, -0.15) is 0 Å². The summed E-state index contributed by atoms with van der Waals surface area (Å²) in [5.41, 5.74) is 6.61. The summed E-state index contributed by atoms with van der Waals surface area (Å²) in [5.74, 6) is 0.719. The van der Waals surface area contributed by atoms with Crippen molar-refractivity contribution in [2.75, 3.05) is 0 Å². The van der Waals surface area contributed by atoms with Crippen LogP contribution >= 0.6 is 0 Å². The van der Waals surface area contributed by atoms with Crippen LogP contribution in [0.4, 0.5) is 0 Å². The van der Waals surface area contributed by atoms with Crippen LogP contribution in [0, 0.1) is 0 Å². The lowest BCUT2D eigenvalue weighted by molar-refractivity contribution is 0.120. The fourth-order valence-electron chi connectivity index (χ4n) is 6.66. The minimum absolute atomic E-state index is 0.0540. The van der Waals surface area contributed by atoms with Crippen LogP contribution in [0.15, 0.2) is 53.7 Å². The molecular formula is C42H61N3O2. The van der Waals surface area contributed by atoms with Crippen LogP contribution in [0.25, 0.3) is 0 Å². The average molecular weight is 640 g/mol. The van der Waals surface area contributed by atoms with Crippen molar-refractivity contribution in [1.29, 1.82) is 0 Å². The number of nitrogens with zero attached hydrogens (tertiary/aromatic N) is 3. The summed E-state index contributed by atoms with van der Waals surface area (Å²) in [4.78, 5) is 12.5. The van der Waals surface area contributed by atoms with E-state index < -0.39 is 0 Å². The van der Waals surface area contributed by atoms with Gasteiger partial charge in [-0.05, 0) is 69.4 Å². The highest BCUT2D eigenvalue weighted by molar-refractivity contribution is 5.85. The molecule has 5 heteroatoms. The van der Waals surface area contributed by atoms with Gasteiger partial charge in [-0.1, -0.05) is 120 Å². The topological polar surface area (TPSA) is 69.0 Å². The zero-order valence-electron chi connectivity index (χ0n) is 31.3. The van der Waals surface area contributed by atoms with E-state index in [9.17, 15) is 10.2 Å². The lowest BCUT2D eigenvalue weighted by Gasteiger charge is -2.39. The number of hydrogen-bond donors (Lipinski definition) is 2. The molecular weight excluding hydrogens is 578 g/mol. The second-order valence-electron chi connectivity index (χ2n) is 17.9. The van der Waals surface area contributed by atoms with E-state index in [0.717, 1.165) is 53.6 Å². The molecule has 0 aliphatic heterocycles. The standard InChI is InChI=1S/C42H61N3O2/c1-39(2,3)30-21-28(37(46)33(23-30)41(7,8)9)25-44-35-18-13-14-19-36(35)45(27-32-17-15-16-20-43-32)26-29-22-31(40(4,5)6)24-34(38(29)47)42(10,11)12/h15-17,20-25,35-36,46-47H,13-14,18-19,26-27H2,1-12H3/t35-,36-/m1/s1. The predicted octanol–water partition coefficient (Wildman–Crippen LogP) is 10.1. The first-order valence-electron chi connectivity index (χ1n) is 17.6. The molecule has 3 aromatic rings. The van der Waals surface area contributed by atoms with E-state index in [1.807, 2.05) is 24.5 Å². The van der Waals surface area contributed by atoms with Gasteiger partial charge in [0.2, 0.25) is 0 Å². The lowest BCUT2D eigenvalue weighted by atomic mass is 9.78. The summed E-state index contributed by atoms with van der Waals surface area (Å²) in [6.07, 6.45) is 8.04. The fourth-order valence-corrected chi connectivity index (χ4v) is 6.66. The van der Waals surface area contributed by atoms with Crippen LogP contribution in [0.3, 0.4) is 0 Å². The first-order chi connectivity index (χ1) is 21.7. The minimum Gasteiger partial charge on any atom is -0.507 e. The molecule has 256 valence electrons. The first-order valence-corrected chi connectivity index (χ1v) is 17.6. The molecule has 2 N–H and O–H groups in total. The van der Waals surface area contributed by atoms with Gasteiger partial charge in [-0.15, -0.1) is 0 Å². The third kappa shape index (κ3) is 9.04. The van der Waals surface area contributed by atoms with Gasteiger partial charge in [0, 0.05) is 48.2 Å². The number of aliphatic imine (C=N–C) groups is 1. The van der Waals surface area contributed by atoms with Gasteiger partial charge in [0.1, 0.15) is 11.5 Å². The largest absolute Gasteiger partial charge is 0.507 e. The molecule has 1 fully saturated rings. The van der Waals surface area contributed by atoms with E-state index >= 15 is 0 Å². The van der Waals surface area contributed by atoms with Gasteiger partial charge >= 0.3 is 0 Å². The fraction of sp³-hybridized carbons (Fsp3) is 0.571. The van der Waals surface area contributed by atoms with Gasteiger partial charge in [0.15, 0.2) is 0 Å². The lowest BCUT2D eigenvalue weighted by Crippen LogP contribution is -2.44. The van der Waals surface area contributed by atoms with Gasteiger partial charge in [0.05, 0.1) is 11.7 Å². The molecule has 1 saturated carbocycles. The van der Waals surface area contributed by atoms with Gasteiger partial charge in [-0.3, -0.25) is 14.9 Å². The smallest absolute Gasteiger partial charge is 0.128 e.